The standard InChI is InChI=1S/C19H20FNO3/c1-12-8-13(2)10-16(9-12)19(23)24-11-18(22)21-14(3)15-4-6-17(20)7-5-15/h4-10,14H,11H2,1-3H3,(H,21,22). The molecule has 0 fully saturated rings. The number of nitrogens with one attached hydrogen (secondary N) is 1. The van der Waals surface area contributed by atoms with Crippen LogP contribution in [0, 0.1) is 19.7 Å². The molecule has 1 unspecified atom stereocenters. The SMILES string of the molecule is Cc1cc(C)cc(C(=O)OCC(=O)NC(C)c2ccc(F)cc2)c1. The number of amides is 1. The van der Waals surface area contributed by atoms with Crippen LogP contribution in [0.3, 0.4) is 0 Å². The van der Waals surface area contributed by atoms with Gasteiger partial charge in [0.1, 0.15) is 5.82 Å². The van der Waals surface area contributed by atoms with Crippen molar-refractivity contribution in [2.45, 2.75) is 26.8 Å². The summed E-state index contributed by atoms with van der Waals surface area (Å²) in [6.07, 6.45) is 0. The highest BCUT2D eigenvalue weighted by atomic mass is 19.1. The van der Waals surface area contributed by atoms with Crippen molar-refractivity contribution in [3.8, 4) is 0 Å². The molecule has 0 aliphatic carbocycles. The number of benzene rings is 2. The van der Waals surface area contributed by atoms with Gasteiger partial charge in [0.2, 0.25) is 0 Å². The zero-order chi connectivity index (χ0) is 17.7. The van der Waals surface area contributed by atoms with Crippen LogP contribution in [0.1, 0.15) is 40.0 Å². The molecular formula is C19H20FNO3. The number of carbonyl (C=O) groups is 2. The molecule has 1 atom stereocenters. The van der Waals surface area contributed by atoms with Gasteiger partial charge in [0, 0.05) is 0 Å². The van der Waals surface area contributed by atoms with Crippen LogP contribution < -0.4 is 5.32 Å². The number of esters is 1. The Kier molecular flexibility index (Phi) is 5.68. The van der Waals surface area contributed by atoms with Crippen LogP contribution in [-0.4, -0.2) is 18.5 Å². The van der Waals surface area contributed by atoms with E-state index in [2.05, 4.69) is 5.32 Å². The maximum atomic E-state index is 12.9. The summed E-state index contributed by atoms with van der Waals surface area (Å²) in [6.45, 7) is 5.19. The molecule has 0 aliphatic heterocycles. The number of aryl methyl sites for hydroxylation is 2. The lowest BCUT2D eigenvalue weighted by Gasteiger charge is -2.14. The highest BCUT2D eigenvalue weighted by Crippen LogP contribution is 2.13. The Bertz CT molecular complexity index is 721. The second-order valence-electron chi connectivity index (χ2n) is 5.79. The Balaban J connectivity index is 1.88. The number of carbonyl (C=O) groups excluding carboxylic acids is 2. The van der Waals surface area contributed by atoms with Gasteiger partial charge < -0.3 is 10.1 Å². The van der Waals surface area contributed by atoms with Gasteiger partial charge in [-0.05, 0) is 50.6 Å². The summed E-state index contributed by atoms with van der Waals surface area (Å²) in [7, 11) is 0. The Hall–Kier alpha value is -2.69. The molecule has 2 aromatic rings. The van der Waals surface area contributed by atoms with E-state index < -0.39 is 11.9 Å². The molecule has 5 heteroatoms. The van der Waals surface area contributed by atoms with Gasteiger partial charge in [-0.15, -0.1) is 0 Å². The number of rotatable bonds is 5. The molecule has 0 bridgehead atoms. The topological polar surface area (TPSA) is 55.4 Å². The van der Waals surface area contributed by atoms with Gasteiger partial charge in [0.15, 0.2) is 6.61 Å². The minimum Gasteiger partial charge on any atom is -0.452 e. The molecular weight excluding hydrogens is 309 g/mol. The molecule has 4 nitrogen and oxygen atoms in total. The Morgan fingerprint density at radius 1 is 1.08 bits per heavy atom. The zero-order valence-corrected chi connectivity index (χ0v) is 13.9. The van der Waals surface area contributed by atoms with Crippen molar-refractivity contribution in [3.63, 3.8) is 0 Å². The van der Waals surface area contributed by atoms with Crippen molar-refractivity contribution < 1.29 is 18.7 Å². The monoisotopic (exact) mass is 329 g/mol. The molecule has 0 spiro atoms. The lowest BCUT2D eigenvalue weighted by atomic mass is 10.1. The first-order chi connectivity index (χ1) is 11.3. The molecule has 2 rings (SSSR count). The van der Waals surface area contributed by atoms with E-state index in [1.54, 1.807) is 31.2 Å². The van der Waals surface area contributed by atoms with Crippen molar-refractivity contribution in [2.75, 3.05) is 6.61 Å². The van der Waals surface area contributed by atoms with Crippen molar-refractivity contribution in [1.82, 2.24) is 5.32 Å². The number of hydrogen-bond donors (Lipinski definition) is 1. The second kappa shape index (κ2) is 7.73. The van der Waals surface area contributed by atoms with Crippen LogP contribution in [0.15, 0.2) is 42.5 Å². The molecule has 126 valence electrons. The fraction of sp³-hybridized carbons (Fsp3) is 0.263. The highest BCUT2D eigenvalue weighted by molar-refractivity contribution is 5.91. The largest absolute Gasteiger partial charge is 0.452 e. The molecule has 2 aromatic carbocycles. The fourth-order valence-corrected chi connectivity index (χ4v) is 2.42. The molecule has 0 saturated carbocycles. The van der Waals surface area contributed by atoms with E-state index in [9.17, 15) is 14.0 Å². The maximum Gasteiger partial charge on any atom is 0.338 e. The van der Waals surface area contributed by atoms with Gasteiger partial charge in [-0.2, -0.15) is 0 Å². The third-order valence-electron chi connectivity index (χ3n) is 3.54. The predicted octanol–water partition coefficient (Wildman–Crippen LogP) is 3.48. The van der Waals surface area contributed by atoms with Gasteiger partial charge in [0.25, 0.3) is 5.91 Å². The first kappa shape index (κ1) is 17.7. The van der Waals surface area contributed by atoms with E-state index >= 15 is 0 Å². The summed E-state index contributed by atoms with van der Waals surface area (Å²) in [4.78, 5) is 23.9. The maximum absolute atomic E-state index is 12.9. The molecule has 24 heavy (non-hydrogen) atoms. The summed E-state index contributed by atoms with van der Waals surface area (Å²) < 4.78 is 17.9. The Morgan fingerprint density at radius 2 is 1.67 bits per heavy atom. The first-order valence-corrected chi connectivity index (χ1v) is 7.65. The van der Waals surface area contributed by atoms with Crippen LogP contribution in [0.5, 0.6) is 0 Å². The first-order valence-electron chi connectivity index (χ1n) is 7.65. The van der Waals surface area contributed by atoms with E-state index in [0.29, 0.717) is 5.56 Å². The fourth-order valence-electron chi connectivity index (χ4n) is 2.42. The quantitative estimate of drug-likeness (QED) is 0.855. The second-order valence-corrected chi connectivity index (χ2v) is 5.79. The van der Waals surface area contributed by atoms with Crippen LogP contribution >= 0.6 is 0 Å². The summed E-state index contributed by atoms with van der Waals surface area (Å²) in [5.74, 6) is -1.28. The number of halogens is 1. The van der Waals surface area contributed by atoms with E-state index in [1.807, 2.05) is 19.9 Å². The lowest BCUT2D eigenvalue weighted by molar-refractivity contribution is -0.124. The molecule has 0 heterocycles. The van der Waals surface area contributed by atoms with Crippen LogP contribution in [0.25, 0.3) is 0 Å². The van der Waals surface area contributed by atoms with Crippen molar-refractivity contribution in [1.29, 1.82) is 0 Å². The summed E-state index contributed by atoms with van der Waals surface area (Å²) in [5, 5.41) is 2.71. The Morgan fingerprint density at radius 3 is 2.25 bits per heavy atom. The molecule has 0 saturated heterocycles. The average molecular weight is 329 g/mol. The van der Waals surface area contributed by atoms with Gasteiger partial charge >= 0.3 is 5.97 Å². The van der Waals surface area contributed by atoms with E-state index in [1.165, 1.54) is 12.1 Å². The molecule has 1 N–H and O–H groups in total. The molecule has 0 aromatic heterocycles. The molecule has 1 amide bonds. The van der Waals surface area contributed by atoms with Crippen LogP contribution in [-0.2, 0) is 9.53 Å². The van der Waals surface area contributed by atoms with Gasteiger partial charge in [0.05, 0.1) is 11.6 Å². The van der Waals surface area contributed by atoms with Gasteiger partial charge in [-0.1, -0.05) is 29.3 Å². The minimum absolute atomic E-state index is 0.307. The number of hydrogen-bond acceptors (Lipinski definition) is 3. The van der Waals surface area contributed by atoms with Crippen LogP contribution in [0.2, 0.25) is 0 Å². The van der Waals surface area contributed by atoms with Crippen molar-refractivity contribution in [2.24, 2.45) is 0 Å². The number of ether oxygens (including phenoxy) is 1. The molecule has 0 radical (unpaired) electrons. The summed E-state index contributed by atoms with van der Waals surface area (Å²) in [5.41, 5.74) is 3.10. The third kappa shape index (κ3) is 4.91. The van der Waals surface area contributed by atoms with E-state index in [4.69, 9.17) is 4.74 Å². The zero-order valence-electron chi connectivity index (χ0n) is 13.9. The van der Waals surface area contributed by atoms with Crippen LogP contribution in [0.4, 0.5) is 4.39 Å². The van der Waals surface area contributed by atoms with Gasteiger partial charge in [-0.3, -0.25) is 4.79 Å². The Labute approximate surface area is 140 Å². The van der Waals surface area contributed by atoms with E-state index in [-0.39, 0.29) is 18.5 Å². The highest BCUT2D eigenvalue weighted by Gasteiger charge is 2.13. The lowest BCUT2D eigenvalue weighted by Crippen LogP contribution is -2.31. The minimum atomic E-state index is -0.536. The van der Waals surface area contributed by atoms with Crippen molar-refractivity contribution in [3.05, 3.63) is 70.5 Å². The molecule has 0 aliphatic rings. The van der Waals surface area contributed by atoms with Crippen molar-refractivity contribution >= 4 is 11.9 Å². The van der Waals surface area contributed by atoms with E-state index in [0.717, 1.165) is 16.7 Å². The summed E-state index contributed by atoms with van der Waals surface area (Å²) >= 11 is 0. The predicted molar refractivity (Wildman–Crippen MR) is 89.2 cm³/mol. The van der Waals surface area contributed by atoms with Gasteiger partial charge in [-0.25, -0.2) is 9.18 Å². The smallest absolute Gasteiger partial charge is 0.338 e. The normalized spacial score (nSPS) is 11.7. The summed E-state index contributed by atoms with van der Waals surface area (Å²) in [6, 6.07) is 10.9. The third-order valence-corrected chi connectivity index (χ3v) is 3.54. The average Bonchev–Trinajstić information content (AvgIpc) is 2.52.